The molecule has 0 aromatic heterocycles. The van der Waals surface area contributed by atoms with E-state index in [1.807, 2.05) is 0 Å². The van der Waals surface area contributed by atoms with Gasteiger partial charge in [0, 0.05) is 25.9 Å². The van der Waals surface area contributed by atoms with Crippen molar-refractivity contribution < 1.29 is 66.4 Å². The van der Waals surface area contributed by atoms with Crippen molar-refractivity contribution in [2.45, 2.75) is 38.8 Å². The number of ether oxygens (including phenoxy) is 12. The highest BCUT2D eigenvalue weighted by atomic mass is 16.6. The maximum Gasteiger partial charge on any atom is 0.307 e. The van der Waals surface area contributed by atoms with Crippen LogP contribution in [0.2, 0.25) is 0 Å². The molecule has 0 spiro atoms. The van der Waals surface area contributed by atoms with Gasteiger partial charge in [0.05, 0.1) is 145 Å². The summed E-state index contributed by atoms with van der Waals surface area (Å²) in [6, 6.07) is 0. The molecule has 0 aromatic carbocycles. The summed E-state index contributed by atoms with van der Waals surface area (Å²) in [5.41, 5.74) is 9.93. The second kappa shape index (κ2) is 37.7. The van der Waals surface area contributed by atoms with Crippen LogP contribution in [-0.4, -0.2) is 176 Å². The number of rotatable bonds is 40. The zero-order chi connectivity index (χ0) is 35.9. The molecule has 0 saturated carbocycles. The summed E-state index contributed by atoms with van der Waals surface area (Å²) in [5, 5.41) is 2.74. The molecule has 49 heavy (non-hydrogen) atoms. The molecule has 0 unspecified atom stereocenters. The van der Waals surface area contributed by atoms with E-state index in [4.69, 9.17) is 68.3 Å². The third-order valence-electron chi connectivity index (χ3n) is 5.71. The molecule has 1 amide bonds. The third kappa shape index (κ3) is 42.5. The highest BCUT2D eigenvalue weighted by Crippen LogP contribution is 2.05. The van der Waals surface area contributed by atoms with Crippen molar-refractivity contribution in [3.63, 3.8) is 0 Å². The van der Waals surface area contributed by atoms with Gasteiger partial charge in [-0.1, -0.05) is 0 Å². The van der Waals surface area contributed by atoms with Crippen molar-refractivity contribution in [2.75, 3.05) is 158 Å². The Hall–Kier alpha value is -1.58. The van der Waals surface area contributed by atoms with Gasteiger partial charge in [0.25, 0.3) is 0 Å². The molecule has 0 atom stereocenters. The molecule has 0 aliphatic heterocycles. The van der Waals surface area contributed by atoms with E-state index in [1.165, 1.54) is 0 Å². The maximum atomic E-state index is 11.8. The molecule has 0 aliphatic rings. The van der Waals surface area contributed by atoms with Crippen LogP contribution >= 0.6 is 0 Å². The Morgan fingerprint density at radius 1 is 0.469 bits per heavy atom. The fraction of sp³-hybridized carbons (Fsp3) is 0.938. The molecular formula is C32H65N3O14. The molecule has 292 valence electrons. The summed E-state index contributed by atoms with van der Waals surface area (Å²) in [5.74, 6) is -0.563. The Morgan fingerprint density at radius 2 is 0.755 bits per heavy atom. The first-order valence-corrected chi connectivity index (χ1v) is 17.2. The van der Waals surface area contributed by atoms with E-state index in [1.54, 1.807) is 13.8 Å². The summed E-state index contributed by atoms with van der Waals surface area (Å²) in [6.07, 6.45) is 0.777. The van der Waals surface area contributed by atoms with Gasteiger partial charge in [-0.25, -0.2) is 0 Å². The lowest BCUT2D eigenvalue weighted by Gasteiger charge is -2.19. The molecule has 0 saturated heterocycles. The monoisotopic (exact) mass is 715 g/mol. The number of nitrogens with one attached hydrogen (secondary N) is 1. The molecule has 0 aromatic rings. The average Bonchev–Trinajstić information content (AvgIpc) is 3.05. The summed E-state index contributed by atoms with van der Waals surface area (Å²) in [4.78, 5) is 23.3. The van der Waals surface area contributed by atoms with Crippen LogP contribution in [0.5, 0.6) is 0 Å². The number of amides is 1. The van der Waals surface area contributed by atoms with E-state index < -0.39 is 11.7 Å². The van der Waals surface area contributed by atoms with Crippen LogP contribution in [0.4, 0.5) is 0 Å². The lowest BCUT2D eigenvalue weighted by atomic mass is 10.2. The molecule has 5 N–H and O–H groups in total. The Kier molecular flexibility index (Phi) is 36.5. The Balaban J connectivity index is 3.15. The van der Waals surface area contributed by atoms with E-state index in [-0.39, 0.29) is 18.7 Å². The lowest BCUT2D eigenvalue weighted by molar-refractivity contribution is -0.156. The van der Waals surface area contributed by atoms with E-state index in [0.29, 0.717) is 165 Å². The first-order chi connectivity index (χ1) is 23.8. The molecule has 0 rings (SSSR count). The van der Waals surface area contributed by atoms with Gasteiger partial charge in [0.15, 0.2) is 5.72 Å². The largest absolute Gasteiger partial charge is 0.445 e. The fourth-order valence-corrected chi connectivity index (χ4v) is 3.47. The Morgan fingerprint density at radius 3 is 1.04 bits per heavy atom. The van der Waals surface area contributed by atoms with Crippen LogP contribution in [0.3, 0.4) is 0 Å². The quantitative estimate of drug-likeness (QED) is 0.0421. The number of esters is 1. The summed E-state index contributed by atoms with van der Waals surface area (Å²) in [6.45, 7) is 14.8. The zero-order valence-corrected chi connectivity index (χ0v) is 30.0. The fourth-order valence-electron chi connectivity index (χ4n) is 3.47. The molecule has 0 radical (unpaired) electrons. The molecule has 0 aliphatic carbocycles. The maximum absolute atomic E-state index is 11.8. The number of carbonyl (C=O) groups is 2. The van der Waals surface area contributed by atoms with Crippen LogP contribution < -0.4 is 16.8 Å². The van der Waals surface area contributed by atoms with E-state index in [9.17, 15) is 9.59 Å². The first kappa shape index (κ1) is 47.4. The van der Waals surface area contributed by atoms with Gasteiger partial charge in [-0.05, 0) is 20.3 Å². The lowest BCUT2D eigenvalue weighted by Crippen LogP contribution is -2.37. The van der Waals surface area contributed by atoms with Gasteiger partial charge in [-0.2, -0.15) is 0 Å². The molecule has 0 heterocycles. The zero-order valence-electron chi connectivity index (χ0n) is 30.0. The molecule has 17 nitrogen and oxygen atoms in total. The van der Waals surface area contributed by atoms with Crippen molar-refractivity contribution >= 4 is 11.9 Å². The number of hydrogen-bond donors (Lipinski definition) is 3. The Labute approximate surface area is 292 Å². The van der Waals surface area contributed by atoms with Gasteiger partial charge in [-0.15, -0.1) is 0 Å². The van der Waals surface area contributed by atoms with Crippen molar-refractivity contribution in [2.24, 2.45) is 11.5 Å². The number of nitrogens with two attached hydrogens (primary N) is 2. The average molecular weight is 716 g/mol. The van der Waals surface area contributed by atoms with Gasteiger partial charge in [0.1, 0.15) is 0 Å². The van der Waals surface area contributed by atoms with E-state index in [0.717, 1.165) is 0 Å². The second-order valence-corrected chi connectivity index (χ2v) is 10.8. The van der Waals surface area contributed by atoms with Crippen LogP contribution in [0.15, 0.2) is 0 Å². The number of hydrogen-bond acceptors (Lipinski definition) is 16. The predicted molar refractivity (Wildman–Crippen MR) is 179 cm³/mol. The Bertz CT molecular complexity index is 719. The van der Waals surface area contributed by atoms with Gasteiger partial charge < -0.3 is 67.9 Å². The molecular weight excluding hydrogens is 650 g/mol. The smallest absolute Gasteiger partial charge is 0.307 e. The van der Waals surface area contributed by atoms with Gasteiger partial charge in [-0.3, -0.25) is 15.3 Å². The minimum absolute atomic E-state index is 0.145. The van der Waals surface area contributed by atoms with Crippen LogP contribution in [-0.2, 0) is 66.4 Å². The summed E-state index contributed by atoms with van der Waals surface area (Å²) in [7, 11) is 0. The molecule has 0 fully saturated rings. The summed E-state index contributed by atoms with van der Waals surface area (Å²) >= 11 is 0. The van der Waals surface area contributed by atoms with Crippen molar-refractivity contribution in [1.29, 1.82) is 0 Å². The molecule has 0 bridgehead atoms. The minimum Gasteiger partial charge on any atom is -0.445 e. The van der Waals surface area contributed by atoms with Gasteiger partial charge in [0.2, 0.25) is 5.91 Å². The van der Waals surface area contributed by atoms with Crippen molar-refractivity contribution in [1.82, 2.24) is 5.32 Å². The predicted octanol–water partition coefficient (Wildman–Crippen LogP) is -0.348. The normalized spacial score (nSPS) is 11.7. The standard InChI is InChI=1S/C32H65N3O14/c1-32(2,34)49-31(37)5-3-4-30(36)35-7-9-39-11-13-41-15-17-43-19-21-45-23-25-47-27-29-48-28-26-46-24-22-44-20-18-42-16-14-40-12-10-38-8-6-33/h3-29,33-34H2,1-2H3,(H,35,36). The van der Waals surface area contributed by atoms with Crippen molar-refractivity contribution in [3.8, 4) is 0 Å². The van der Waals surface area contributed by atoms with E-state index in [2.05, 4.69) is 5.32 Å². The SMILES string of the molecule is CC(C)(N)OC(=O)CCCC(=O)NCCOCCOCCOCCOCCOCCOCCOCCOCCOCCOCCOCCN. The van der Waals surface area contributed by atoms with E-state index >= 15 is 0 Å². The summed E-state index contributed by atoms with van der Waals surface area (Å²) < 4.78 is 64.6. The van der Waals surface area contributed by atoms with Crippen LogP contribution in [0.1, 0.15) is 33.1 Å². The number of carbonyl (C=O) groups excluding carboxylic acids is 2. The minimum atomic E-state index is -1.01. The molecule has 17 heteroatoms. The van der Waals surface area contributed by atoms with Crippen LogP contribution in [0, 0.1) is 0 Å². The third-order valence-corrected chi connectivity index (χ3v) is 5.71. The highest BCUT2D eigenvalue weighted by molar-refractivity contribution is 5.77. The van der Waals surface area contributed by atoms with Crippen molar-refractivity contribution in [3.05, 3.63) is 0 Å². The van der Waals surface area contributed by atoms with Crippen LogP contribution in [0.25, 0.3) is 0 Å². The highest BCUT2D eigenvalue weighted by Gasteiger charge is 2.16. The first-order valence-electron chi connectivity index (χ1n) is 17.2. The topological polar surface area (TPSA) is 209 Å². The van der Waals surface area contributed by atoms with Gasteiger partial charge >= 0.3 is 5.97 Å². The second-order valence-electron chi connectivity index (χ2n) is 10.8.